The van der Waals surface area contributed by atoms with Crippen molar-refractivity contribution in [3.63, 3.8) is 0 Å². The molecule has 0 bridgehead atoms. The molecule has 124 valence electrons. The molecule has 1 fully saturated rings. The topological polar surface area (TPSA) is 79.0 Å². The van der Waals surface area contributed by atoms with Crippen molar-refractivity contribution in [1.29, 1.82) is 0 Å². The van der Waals surface area contributed by atoms with Gasteiger partial charge in [0.25, 0.3) is 0 Å². The first-order valence-corrected chi connectivity index (χ1v) is 7.03. The Morgan fingerprint density at radius 3 is 2.50 bits per heavy atom. The minimum absolute atomic E-state index is 0. The van der Waals surface area contributed by atoms with E-state index in [-0.39, 0.29) is 42.4 Å². The molecule has 3 rings (SSSR count). The molecule has 1 saturated heterocycles. The maximum absolute atomic E-state index is 10.0. The molecule has 2 aliphatic heterocycles. The van der Waals surface area contributed by atoms with E-state index in [2.05, 4.69) is 4.90 Å². The van der Waals surface area contributed by atoms with E-state index in [0.29, 0.717) is 12.1 Å². The third kappa shape index (κ3) is 3.60. The predicted molar refractivity (Wildman–Crippen MR) is 90.8 cm³/mol. The van der Waals surface area contributed by atoms with Gasteiger partial charge in [-0.1, -0.05) is 6.07 Å². The Morgan fingerprint density at radius 1 is 1.18 bits per heavy atom. The molecule has 0 radical (unpaired) electrons. The standard InChI is InChI=1S/C15H20N2O3.2ClH/c16-8-14-11-3-4-13(18)15(19)12(11)7-10(20-14)9-17-5-1-2-6-17;;/h3-4,7,14,18-19H,1-2,5-6,8-9,16H2;2*1H. The lowest BCUT2D eigenvalue weighted by atomic mass is 9.97. The van der Waals surface area contributed by atoms with Gasteiger partial charge in [0.15, 0.2) is 11.5 Å². The third-order valence-corrected chi connectivity index (χ3v) is 3.97. The van der Waals surface area contributed by atoms with Crippen LogP contribution in [0.15, 0.2) is 17.9 Å². The SMILES string of the molecule is Cl.Cl.NCC1OC(CN2CCCC2)=Cc2c1ccc(O)c2O. The number of phenols is 2. The molecule has 0 spiro atoms. The summed E-state index contributed by atoms with van der Waals surface area (Å²) in [6, 6.07) is 3.23. The molecule has 0 saturated carbocycles. The fourth-order valence-electron chi connectivity index (χ4n) is 2.90. The number of rotatable bonds is 3. The van der Waals surface area contributed by atoms with Gasteiger partial charge in [-0.2, -0.15) is 0 Å². The molecule has 2 aliphatic rings. The maximum atomic E-state index is 10.0. The van der Waals surface area contributed by atoms with E-state index < -0.39 is 0 Å². The van der Waals surface area contributed by atoms with Crippen LogP contribution in [0.25, 0.3) is 6.08 Å². The van der Waals surface area contributed by atoms with E-state index in [0.717, 1.165) is 31.0 Å². The van der Waals surface area contributed by atoms with Gasteiger partial charge < -0.3 is 20.7 Å². The second-order valence-electron chi connectivity index (χ2n) is 5.37. The number of halogens is 2. The van der Waals surface area contributed by atoms with E-state index >= 15 is 0 Å². The number of hydrogen-bond donors (Lipinski definition) is 3. The van der Waals surface area contributed by atoms with Crippen molar-refractivity contribution in [3.05, 3.63) is 29.0 Å². The number of benzene rings is 1. The first-order valence-electron chi connectivity index (χ1n) is 7.03. The summed E-state index contributed by atoms with van der Waals surface area (Å²) in [5, 5.41) is 19.7. The van der Waals surface area contributed by atoms with Crippen LogP contribution in [0.5, 0.6) is 11.5 Å². The van der Waals surface area contributed by atoms with Crippen LogP contribution >= 0.6 is 24.8 Å². The van der Waals surface area contributed by atoms with Gasteiger partial charge in [0.2, 0.25) is 0 Å². The molecule has 22 heavy (non-hydrogen) atoms. The largest absolute Gasteiger partial charge is 0.504 e. The minimum atomic E-state index is -0.265. The molecule has 7 heteroatoms. The Hall–Kier alpha value is -1.14. The van der Waals surface area contributed by atoms with E-state index in [1.165, 1.54) is 18.9 Å². The fraction of sp³-hybridized carbons (Fsp3) is 0.467. The van der Waals surface area contributed by atoms with Gasteiger partial charge in [0, 0.05) is 17.7 Å². The second kappa shape index (κ2) is 7.92. The molecular formula is C15H22Cl2N2O3. The highest BCUT2D eigenvalue weighted by Crippen LogP contribution is 2.40. The second-order valence-corrected chi connectivity index (χ2v) is 5.37. The van der Waals surface area contributed by atoms with Gasteiger partial charge in [0.05, 0.1) is 6.54 Å². The Labute approximate surface area is 142 Å². The van der Waals surface area contributed by atoms with Crippen LogP contribution in [0.4, 0.5) is 0 Å². The molecule has 2 heterocycles. The first-order chi connectivity index (χ1) is 9.69. The molecule has 1 aromatic rings. The molecule has 0 aromatic heterocycles. The Morgan fingerprint density at radius 2 is 1.86 bits per heavy atom. The van der Waals surface area contributed by atoms with Crippen molar-refractivity contribution in [2.75, 3.05) is 26.2 Å². The van der Waals surface area contributed by atoms with Crippen molar-refractivity contribution >= 4 is 30.9 Å². The zero-order valence-corrected chi connectivity index (χ0v) is 13.8. The number of nitrogens with two attached hydrogens (primary N) is 1. The van der Waals surface area contributed by atoms with Crippen molar-refractivity contribution in [2.45, 2.75) is 18.9 Å². The Bertz CT molecular complexity index is 546. The number of phenolic OH excluding ortho intramolecular Hbond substituents is 2. The summed E-state index contributed by atoms with van der Waals surface area (Å²) < 4.78 is 5.92. The molecule has 5 nitrogen and oxygen atoms in total. The van der Waals surface area contributed by atoms with E-state index in [4.69, 9.17) is 10.5 Å². The van der Waals surface area contributed by atoms with Gasteiger partial charge in [-0.3, -0.25) is 4.90 Å². The summed E-state index contributed by atoms with van der Waals surface area (Å²) in [4.78, 5) is 2.32. The predicted octanol–water partition coefficient (Wildman–Crippen LogP) is 2.41. The summed E-state index contributed by atoms with van der Waals surface area (Å²) in [6.45, 7) is 3.22. The lowest BCUT2D eigenvalue weighted by Crippen LogP contribution is -2.27. The zero-order valence-electron chi connectivity index (χ0n) is 12.2. The normalized spacial score (nSPS) is 20.2. The monoisotopic (exact) mass is 348 g/mol. The van der Waals surface area contributed by atoms with Crippen LogP contribution < -0.4 is 5.73 Å². The Balaban J connectivity index is 0.00000121. The number of aromatic hydroxyl groups is 2. The van der Waals surface area contributed by atoms with Gasteiger partial charge in [-0.15, -0.1) is 24.8 Å². The zero-order chi connectivity index (χ0) is 14.1. The van der Waals surface area contributed by atoms with E-state index in [1.807, 2.05) is 6.08 Å². The summed E-state index contributed by atoms with van der Waals surface area (Å²) >= 11 is 0. The number of likely N-dealkylation sites (tertiary alicyclic amines) is 1. The summed E-state index contributed by atoms with van der Waals surface area (Å²) in [5.41, 5.74) is 7.22. The van der Waals surface area contributed by atoms with Crippen molar-refractivity contribution in [3.8, 4) is 11.5 Å². The Kier molecular flexibility index (Phi) is 6.81. The van der Waals surface area contributed by atoms with Crippen LogP contribution in [0.3, 0.4) is 0 Å². The lowest BCUT2D eigenvalue weighted by Gasteiger charge is -2.28. The third-order valence-electron chi connectivity index (χ3n) is 3.97. The fourth-order valence-corrected chi connectivity index (χ4v) is 2.90. The van der Waals surface area contributed by atoms with Crippen LogP contribution in [-0.4, -0.2) is 41.3 Å². The molecule has 1 aromatic carbocycles. The highest BCUT2D eigenvalue weighted by atomic mass is 35.5. The smallest absolute Gasteiger partial charge is 0.165 e. The lowest BCUT2D eigenvalue weighted by molar-refractivity contribution is 0.103. The number of ether oxygens (including phenoxy) is 1. The maximum Gasteiger partial charge on any atom is 0.165 e. The minimum Gasteiger partial charge on any atom is -0.504 e. The van der Waals surface area contributed by atoms with Crippen LogP contribution in [0.2, 0.25) is 0 Å². The quantitative estimate of drug-likeness (QED) is 0.731. The summed E-state index contributed by atoms with van der Waals surface area (Å²) in [7, 11) is 0. The van der Waals surface area contributed by atoms with Gasteiger partial charge >= 0.3 is 0 Å². The van der Waals surface area contributed by atoms with Gasteiger partial charge in [-0.05, 0) is 38.1 Å². The molecule has 0 aliphatic carbocycles. The van der Waals surface area contributed by atoms with Crippen molar-refractivity contribution < 1.29 is 14.9 Å². The average molecular weight is 349 g/mol. The summed E-state index contributed by atoms with van der Waals surface area (Å²) in [6.07, 6.45) is 3.99. The molecular weight excluding hydrogens is 327 g/mol. The van der Waals surface area contributed by atoms with E-state index in [1.54, 1.807) is 6.07 Å². The molecule has 4 N–H and O–H groups in total. The van der Waals surface area contributed by atoms with Crippen LogP contribution in [0, 0.1) is 0 Å². The van der Waals surface area contributed by atoms with E-state index in [9.17, 15) is 10.2 Å². The van der Waals surface area contributed by atoms with Crippen molar-refractivity contribution in [1.82, 2.24) is 4.90 Å². The van der Waals surface area contributed by atoms with Gasteiger partial charge in [0.1, 0.15) is 11.9 Å². The molecule has 0 amide bonds. The highest BCUT2D eigenvalue weighted by Gasteiger charge is 2.26. The van der Waals surface area contributed by atoms with Crippen LogP contribution in [0.1, 0.15) is 30.1 Å². The average Bonchev–Trinajstić information content (AvgIpc) is 2.95. The summed E-state index contributed by atoms with van der Waals surface area (Å²) in [5.74, 6) is 0.595. The number of fused-ring (bicyclic) bond motifs is 1. The van der Waals surface area contributed by atoms with Crippen LogP contribution in [-0.2, 0) is 4.74 Å². The van der Waals surface area contributed by atoms with Crippen molar-refractivity contribution in [2.24, 2.45) is 5.73 Å². The van der Waals surface area contributed by atoms with Gasteiger partial charge in [-0.25, -0.2) is 0 Å². The number of hydrogen-bond acceptors (Lipinski definition) is 5. The molecule has 1 atom stereocenters. The molecule has 1 unspecified atom stereocenters. The number of nitrogens with zero attached hydrogens (tertiary/aromatic N) is 1. The highest BCUT2D eigenvalue weighted by molar-refractivity contribution is 5.85. The first kappa shape index (κ1) is 18.9.